The predicted molar refractivity (Wildman–Crippen MR) is 116 cm³/mol. The Hall–Kier alpha value is -3.30. The van der Waals surface area contributed by atoms with E-state index in [4.69, 9.17) is 16.3 Å². The summed E-state index contributed by atoms with van der Waals surface area (Å²) in [6, 6.07) is 3.61. The Morgan fingerprint density at radius 3 is 2.94 bits per heavy atom. The molecule has 2 bridgehead atoms. The Morgan fingerprint density at radius 1 is 1.27 bits per heavy atom. The van der Waals surface area contributed by atoms with Crippen molar-refractivity contribution in [3.8, 4) is 5.75 Å². The zero-order valence-corrected chi connectivity index (χ0v) is 18.4. The van der Waals surface area contributed by atoms with Crippen LogP contribution in [0.4, 0.5) is 4.39 Å². The second kappa shape index (κ2) is 7.36. The number of Topliss-reactive ketones (excluding diaryl/α,β-unsaturated/α-hetero) is 1. The van der Waals surface area contributed by atoms with Crippen LogP contribution in [-0.4, -0.2) is 55.2 Å². The van der Waals surface area contributed by atoms with E-state index < -0.39 is 5.82 Å². The smallest absolute Gasteiger partial charge is 0.258 e. The number of carbonyl (C=O) groups excluding carboxylic acids is 2. The van der Waals surface area contributed by atoms with Gasteiger partial charge in [0.1, 0.15) is 17.3 Å². The summed E-state index contributed by atoms with van der Waals surface area (Å²) in [4.78, 5) is 33.6. The molecule has 6 rings (SSSR count). The predicted octanol–water partition coefficient (Wildman–Crippen LogP) is 2.99. The van der Waals surface area contributed by atoms with Gasteiger partial charge >= 0.3 is 0 Å². The van der Waals surface area contributed by atoms with Crippen LogP contribution in [0.5, 0.6) is 5.75 Å². The molecule has 0 aliphatic carbocycles. The molecule has 2 atom stereocenters. The van der Waals surface area contributed by atoms with Crippen molar-refractivity contribution >= 4 is 28.9 Å². The first-order valence-corrected chi connectivity index (χ1v) is 11.0. The number of nitrogens with zero attached hydrogens (tertiary/aromatic N) is 5. The van der Waals surface area contributed by atoms with Gasteiger partial charge in [-0.1, -0.05) is 11.6 Å². The molecule has 1 amide bonds. The van der Waals surface area contributed by atoms with Gasteiger partial charge in [-0.15, -0.1) is 0 Å². The summed E-state index contributed by atoms with van der Waals surface area (Å²) >= 11 is 5.99. The molecule has 0 radical (unpaired) electrons. The van der Waals surface area contributed by atoms with E-state index in [0.29, 0.717) is 42.4 Å². The topological polar surface area (TPSA) is 80.0 Å². The first-order chi connectivity index (χ1) is 15.9. The fourth-order valence-electron chi connectivity index (χ4n) is 4.86. The summed E-state index contributed by atoms with van der Waals surface area (Å²) < 4.78 is 21.7. The standard InChI is InChI=1S/C23H19ClFN5O3/c1-28-14-5-15(7-19(28)20(31)6-14)33-21-4-13(25)2-3-16(21)23(32)29-10-17-18(11-29)27-30-9-12(24)8-26-22(17)30/h2-4,7-9,14,19H,5-6,10-11H2,1H3. The summed E-state index contributed by atoms with van der Waals surface area (Å²) in [5, 5.41) is 4.96. The molecule has 0 spiro atoms. The van der Waals surface area contributed by atoms with E-state index in [1.165, 1.54) is 18.2 Å². The summed E-state index contributed by atoms with van der Waals surface area (Å²) in [7, 11) is 1.91. The van der Waals surface area contributed by atoms with Gasteiger partial charge in [-0.05, 0) is 25.3 Å². The Labute approximate surface area is 193 Å². The van der Waals surface area contributed by atoms with Crippen LogP contribution in [0.25, 0.3) is 5.65 Å². The highest BCUT2D eigenvalue weighted by molar-refractivity contribution is 6.30. The number of likely N-dealkylation sites (N-methyl/N-ethyl adjacent to an activating group) is 1. The lowest BCUT2D eigenvalue weighted by Gasteiger charge is -2.29. The minimum atomic E-state index is -0.502. The highest BCUT2D eigenvalue weighted by Gasteiger charge is 2.41. The average Bonchev–Trinajstić information content (AvgIpc) is 3.36. The van der Waals surface area contributed by atoms with Gasteiger partial charge in [0, 0.05) is 36.7 Å². The van der Waals surface area contributed by atoms with Gasteiger partial charge < -0.3 is 9.64 Å². The molecule has 3 aromatic rings. The van der Waals surface area contributed by atoms with Gasteiger partial charge in [-0.2, -0.15) is 5.10 Å². The van der Waals surface area contributed by atoms with E-state index in [9.17, 15) is 14.0 Å². The molecule has 10 heteroatoms. The maximum absolute atomic E-state index is 14.1. The number of halogens is 2. The number of ketones is 1. The van der Waals surface area contributed by atoms with Crippen LogP contribution < -0.4 is 4.74 Å². The fraction of sp³-hybridized carbons (Fsp3) is 0.304. The Morgan fingerprint density at radius 2 is 2.12 bits per heavy atom. The number of hydrogen-bond donors (Lipinski definition) is 0. The zero-order chi connectivity index (χ0) is 22.9. The van der Waals surface area contributed by atoms with Gasteiger partial charge in [0.05, 0.1) is 41.6 Å². The summed E-state index contributed by atoms with van der Waals surface area (Å²) in [5.41, 5.74) is 2.51. The number of hydrogen-bond acceptors (Lipinski definition) is 6. The molecule has 1 saturated heterocycles. The maximum atomic E-state index is 14.1. The molecule has 0 N–H and O–H groups in total. The first kappa shape index (κ1) is 20.3. The molecule has 2 unspecified atom stereocenters. The van der Waals surface area contributed by atoms with Gasteiger partial charge in [0.2, 0.25) is 0 Å². The van der Waals surface area contributed by atoms with Crippen molar-refractivity contribution in [3.63, 3.8) is 0 Å². The third-order valence-corrected chi connectivity index (χ3v) is 6.77. The number of ether oxygens (including phenoxy) is 1. The number of fused-ring (bicyclic) bond motifs is 5. The van der Waals surface area contributed by atoms with E-state index in [1.54, 1.807) is 27.9 Å². The minimum absolute atomic E-state index is 0.0566. The Balaban J connectivity index is 1.27. The molecule has 8 nitrogen and oxygen atoms in total. The number of benzene rings is 1. The average molecular weight is 468 g/mol. The third kappa shape index (κ3) is 3.30. The van der Waals surface area contributed by atoms with Crippen LogP contribution in [0.15, 0.2) is 42.4 Å². The van der Waals surface area contributed by atoms with E-state index in [0.717, 1.165) is 11.3 Å². The van der Waals surface area contributed by atoms with Crippen molar-refractivity contribution in [1.82, 2.24) is 24.4 Å². The lowest BCUT2D eigenvalue weighted by atomic mass is 10.1. The molecule has 1 fully saturated rings. The quantitative estimate of drug-likeness (QED) is 0.589. The van der Waals surface area contributed by atoms with E-state index in [2.05, 4.69) is 10.1 Å². The van der Waals surface area contributed by atoms with Gasteiger partial charge in [-0.3, -0.25) is 14.5 Å². The van der Waals surface area contributed by atoms with Crippen molar-refractivity contribution in [2.24, 2.45) is 0 Å². The van der Waals surface area contributed by atoms with Crippen LogP contribution >= 0.6 is 11.6 Å². The Kier molecular flexibility index (Phi) is 4.53. The summed E-state index contributed by atoms with van der Waals surface area (Å²) in [5.74, 6) is 0.0785. The molecule has 33 heavy (non-hydrogen) atoms. The zero-order valence-electron chi connectivity index (χ0n) is 17.7. The van der Waals surface area contributed by atoms with Crippen molar-refractivity contribution < 1.29 is 18.7 Å². The monoisotopic (exact) mass is 467 g/mol. The molecular weight excluding hydrogens is 449 g/mol. The van der Waals surface area contributed by atoms with Gasteiger partial charge in [0.15, 0.2) is 11.4 Å². The summed E-state index contributed by atoms with van der Waals surface area (Å²) in [6.07, 6.45) is 5.98. The first-order valence-electron chi connectivity index (χ1n) is 10.6. The highest BCUT2D eigenvalue weighted by Crippen LogP contribution is 2.35. The molecule has 1 aromatic carbocycles. The number of aromatic nitrogens is 3. The van der Waals surface area contributed by atoms with Gasteiger partial charge in [0.25, 0.3) is 5.91 Å². The maximum Gasteiger partial charge on any atom is 0.258 e. The van der Waals surface area contributed by atoms with Crippen LogP contribution in [0.3, 0.4) is 0 Å². The Bertz CT molecular complexity index is 1370. The fourth-order valence-corrected chi connectivity index (χ4v) is 5.01. The molecule has 3 aliphatic rings. The van der Waals surface area contributed by atoms with Crippen LogP contribution in [-0.2, 0) is 17.9 Å². The van der Waals surface area contributed by atoms with Crippen molar-refractivity contribution in [1.29, 1.82) is 0 Å². The SMILES string of the molecule is CN1C2CC(=O)C1C=C(Oc1cc(F)ccc1C(=O)N1Cc3nn4cc(Cl)cnc4c3C1)C2. The molecule has 0 saturated carbocycles. The number of amides is 1. The highest BCUT2D eigenvalue weighted by atomic mass is 35.5. The van der Waals surface area contributed by atoms with E-state index >= 15 is 0 Å². The van der Waals surface area contributed by atoms with Crippen LogP contribution in [0, 0.1) is 5.82 Å². The number of rotatable bonds is 3. The second-order valence-corrected chi connectivity index (χ2v) is 9.08. The molecular formula is C23H19ClFN5O3. The molecule has 168 valence electrons. The normalized spacial score (nSPS) is 22.1. The summed E-state index contributed by atoms with van der Waals surface area (Å²) in [6.45, 7) is 0.632. The van der Waals surface area contributed by atoms with Crippen molar-refractivity contribution in [3.05, 3.63) is 70.1 Å². The number of carbonyl (C=O) groups is 2. The lowest BCUT2D eigenvalue weighted by molar-refractivity contribution is -0.118. The lowest BCUT2D eigenvalue weighted by Crippen LogP contribution is -2.37. The largest absolute Gasteiger partial charge is 0.461 e. The minimum Gasteiger partial charge on any atom is -0.461 e. The van der Waals surface area contributed by atoms with E-state index in [1.807, 2.05) is 11.9 Å². The second-order valence-electron chi connectivity index (χ2n) is 8.64. The van der Waals surface area contributed by atoms with Gasteiger partial charge in [-0.25, -0.2) is 13.9 Å². The van der Waals surface area contributed by atoms with E-state index in [-0.39, 0.29) is 35.1 Å². The third-order valence-electron chi connectivity index (χ3n) is 6.57. The van der Waals surface area contributed by atoms with Crippen molar-refractivity contribution in [2.75, 3.05) is 7.05 Å². The molecule has 5 heterocycles. The molecule has 2 aromatic heterocycles. The van der Waals surface area contributed by atoms with Crippen LogP contribution in [0.1, 0.15) is 34.5 Å². The molecule has 3 aliphatic heterocycles. The van der Waals surface area contributed by atoms with Crippen molar-refractivity contribution in [2.45, 2.75) is 38.0 Å². The van der Waals surface area contributed by atoms with Crippen LogP contribution in [0.2, 0.25) is 5.02 Å².